The number of rotatable bonds is 2. The highest BCUT2D eigenvalue weighted by atomic mass is 16.1. The molecule has 1 aromatic carbocycles. The van der Waals surface area contributed by atoms with Crippen LogP contribution in [0.25, 0.3) is 0 Å². The van der Waals surface area contributed by atoms with Crippen LogP contribution in [0.2, 0.25) is 0 Å². The highest BCUT2D eigenvalue weighted by Crippen LogP contribution is 2.13. The first-order valence-electron chi connectivity index (χ1n) is 5.42. The molecule has 16 heavy (non-hydrogen) atoms. The SMILES string of the molecule is Cc1ccc(C(=O)C2=CCC=CC=C2)cc1. The van der Waals surface area contributed by atoms with Crippen molar-refractivity contribution in [2.45, 2.75) is 13.3 Å². The summed E-state index contributed by atoms with van der Waals surface area (Å²) in [6, 6.07) is 7.69. The molecule has 1 nitrogen and oxygen atoms in total. The summed E-state index contributed by atoms with van der Waals surface area (Å²) in [7, 11) is 0. The number of hydrogen-bond donors (Lipinski definition) is 0. The molecule has 0 spiro atoms. The maximum Gasteiger partial charge on any atom is 0.192 e. The zero-order chi connectivity index (χ0) is 11.4. The Kier molecular flexibility index (Phi) is 3.16. The lowest BCUT2D eigenvalue weighted by atomic mass is 10.0. The second kappa shape index (κ2) is 4.75. The van der Waals surface area contributed by atoms with Gasteiger partial charge in [-0.15, -0.1) is 0 Å². The number of carbonyl (C=O) groups is 1. The molecule has 1 aliphatic rings. The van der Waals surface area contributed by atoms with Crippen LogP contribution >= 0.6 is 0 Å². The first-order chi connectivity index (χ1) is 7.77. The summed E-state index contributed by atoms with van der Waals surface area (Å²) in [5, 5.41) is 0. The van der Waals surface area contributed by atoms with E-state index in [1.165, 1.54) is 5.56 Å². The Morgan fingerprint density at radius 2 is 1.88 bits per heavy atom. The average molecular weight is 210 g/mol. The molecule has 1 aliphatic carbocycles. The lowest BCUT2D eigenvalue weighted by molar-refractivity contribution is 0.103. The molecule has 0 N–H and O–H groups in total. The van der Waals surface area contributed by atoms with E-state index < -0.39 is 0 Å². The van der Waals surface area contributed by atoms with Crippen molar-refractivity contribution in [3.05, 3.63) is 71.3 Å². The monoisotopic (exact) mass is 210 g/mol. The fraction of sp³-hybridized carbons (Fsp3) is 0.133. The molecule has 1 heteroatoms. The van der Waals surface area contributed by atoms with Crippen LogP contribution in [0.4, 0.5) is 0 Å². The predicted molar refractivity (Wildman–Crippen MR) is 66.5 cm³/mol. The molecule has 0 aromatic heterocycles. The molecule has 1 aromatic rings. The zero-order valence-corrected chi connectivity index (χ0v) is 9.31. The summed E-state index contributed by atoms with van der Waals surface area (Å²) in [6.45, 7) is 2.02. The van der Waals surface area contributed by atoms with Gasteiger partial charge in [0, 0.05) is 11.1 Å². The molecule has 0 unspecified atom stereocenters. The molecule has 0 saturated heterocycles. The van der Waals surface area contributed by atoms with Gasteiger partial charge in [-0.05, 0) is 13.3 Å². The van der Waals surface area contributed by atoms with Gasteiger partial charge in [-0.25, -0.2) is 0 Å². The number of Topliss-reactive ketones (excluding diaryl/α,β-unsaturated/α-hetero) is 1. The number of carbonyl (C=O) groups excluding carboxylic acids is 1. The number of ketones is 1. The van der Waals surface area contributed by atoms with Crippen LogP contribution in [-0.2, 0) is 0 Å². The van der Waals surface area contributed by atoms with Crippen molar-refractivity contribution in [3.63, 3.8) is 0 Å². The van der Waals surface area contributed by atoms with Crippen LogP contribution in [0.5, 0.6) is 0 Å². The highest BCUT2D eigenvalue weighted by molar-refractivity contribution is 6.10. The Labute approximate surface area is 95.8 Å². The van der Waals surface area contributed by atoms with Gasteiger partial charge in [0.25, 0.3) is 0 Å². The van der Waals surface area contributed by atoms with Crippen molar-refractivity contribution >= 4 is 5.78 Å². The molecular formula is C15H14O. The maximum atomic E-state index is 12.1. The average Bonchev–Trinajstić information content (AvgIpc) is 2.57. The van der Waals surface area contributed by atoms with E-state index in [4.69, 9.17) is 0 Å². The fourth-order valence-electron chi connectivity index (χ4n) is 1.62. The van der Waals surface area contributed by atoms with E-state index in [0.717, 1.165) is 17.6 Å². The van der Waals surface area contributed by atoms with E-state index in [1.54, 1.807) is 0 Å². The van der Waals surface area contributed by atoms with E-state index in [0.29, 0.717) is 0 Å². The van der Waals surface area contributed by atoms with Crippen LogP contribution in [0.3, 0.4) is 0 Å². The molecule has 0 radical (unpaired) electrons. The minimum atomic E-state index is 0.0972. The molecule has 0 fully saturated rings. The van der Waals surface area contributed by atoms with E-state index in [1.807, 2.05) is 61.6 Å². The predicted octanol–water partition coefficient (Wildman–Crippen LogP) is 3.62. The lowest BCUT2D eigenvalue weighted by Gasteiger charge is -2.01. The zero-order valence-electron chi connectivity index (χ0n) is 9.31. The van der Waals surface area contributed by atoms with Crippen LogP contribution in [0, 0.1) is 6.92 Å². The number of aryl methyl sites for hydroxylation is 1. The normalized spacial score (nSPS) is 14.4. The van der Waals surface area contributed by atoms with Gasteiger partial charge in [0.2, 0.25) is 0 Å². The van der Waals surface area contributed by atoms with E-state index in [2.05, 4.69) is 0 Å². The number of benzene rings is 1. The molecular weight excluding hydrogens is 196 g/mol. The molecule has 2 rings (SSSR count). The minimum Gasteiger partial charge on any atom is -0.289 e. The Bertz CT molecular complexity index is 473. The smallest absolute Gasteiger partial charge is 0.192 e. The Morgan fingerprint density at radius 3 is 2.62 bits per heavy atom. The van der Waals surface area contributed by atoms with Crippen molar-refractivity contribution in [3.8, 4) is 0 Å². The standard InChI is InChI=1S/C15H14O/c1-12-8-10-14(11-9-12)15(16)13-6-4-2-3-5-7-13/h2-4,6-11H,5H2,1H3. The van der Waals surface area contributed by atoms with E-state index in [-0.39, 0.29) is 5.78 Å². The second-order valence-corrected chi connectivity index (χ2v) is 3.88. The summed E-state index contributed by atoms with van der Waals surface area (Å²) in [5.74, 6) is 0.0972. The highest BCUT2D eigenvalue weighted by Gasteiger charge is 2.09. The van der Waals surface area contributed by atoms with E-state index in [9.17, 15) is 4.79 Å². The third-order valence-corrected chi connectivity index (χ3v) is 2.57. The van der Waals surface area contributed by atoms with Crippen molar-refractivity contribution < 1.29 is 4.79 Å². The largest absolute Gasteiger partial charge is 0.289 e. The summed E-state index contributed by atoms with van der Waals surface area (Å²) < 4.78 is 0. The molecule has 0 aliphatic heterocycles. The summed E-state index contributed by atoms with van der Waals surface area (Å²) in [5.41, 5.74) is 2.70. The van der Waals surface area contributed by atoms with Gasteiger partial charge in [0.15, 0.2) is 5.78 Å². The first kappa shape index (κ1) is 10.6. The molecule has 0 heterocycles. The van der Waals surface area contributed by atoms with Gasteiger partial charge >= 0.3 is 0 Å². The molecule has 0 amide bonds. The maximum absolute atomic E-state index is 12.1. The third-order valence-electron chi connectivity index (χ3n) is 2.57. The van der Waals surface area contributed by atoms with Gasteiger partial charge in [0.05, 0.1) is 0 Å². The summed E-state index contributed by atoms with van der Waals surface area (Å²) in [6.07, 6.45) is 10.6. The van der Waals surface area contributed by atoms with Gasteiger partial charge in [-0.2, -0.15) is 0 Å². The van der Waals surface area contributed by atoms with Crippen molar-refractivity contribution in [1.82, 2.24) is 0 Å². The van der Waals surface area contributed by atoms with Crippen LogP contribution in [0.1, 0.15) is 22.3 Å². The molecule has 0 bridgehead atoms. The van der Waals surface area contributed by atoms with Crippen LogP contribution in [-0.4, -0.2) is 5.78 Å². The Morgan fingerprint density at radius 1 is 1.12 bits per heavy atom. The quantitative estimate of drug-likeness (QED) is 0.681. The minimum absolute atomic E-state index is 0.0972. The van der Waals surface area contributed by atoms with Crippen LogP contribution in [0.15, 0.2) is 60.2 Å². The number of hydrogen-bond acceptors (Lipinski definition) is 1. The van der Waals surface area contributed by atoms with Gasteiger partial charge in [0.1, 0.15) is 0 Å². The Hall–Kier alpha value is -1.89. The van der Waals surface area contributed by atoms with Gasteiger partial charge < -0.3 is 0 Å². The Balaban J connectivity index is 2.25. The third kappa shape index (κ3) is 2.37. The summed E-state index contributed by atoms with van der Waals surface area (Å²) in [4.78, 5) is 12.1. The van der Waals surface area contributed by atoms with Crippen molar-refractivity contribution in [2.24, 2.45) is 0 Å². The van der Waals surface area contributed by atoms with Crippen LogP contribution < -0.4 is 0 Å². The topological polar surface area (TPSA) is 17.1 Å². The lowest BCUT2D eigenvalue weighted by Crippen LogP contribution is -2.01. The summed E-state index contributed by atoms with van der Waals surface area (Å²) >= 11 is 0. The molecule has 0 atom stereocenters. The molecule has 80 valence electrons. The number of allylic oxidation sites excluding steroid dienone is 6. The fourth-order valence-corrected chi connectivity index (χ4v) is 1.62. The van der Waals surface area contributed by atoms with Crippen molar-refractivity contribution in [1.29, 1.82) is 0 Å². The van der Waals surface area contributed by atoms with E-state index >= 15 is 0 Å². The van der Waals surface area contributed by atoms with Gasteiger partial charge in [-0.1, -0.05) is 60.2 Å². The first-order valence-corrected chi connectivity index (χ1v) is 5.42. The van der Waals surface area contributed by atoms with Gasteiger partial charge in [-0.3, -0.25) is 4.79 Å². The second-order valence-electron chi connectivity index (χ2n) is 3.88. The van der Waals surface area contributed by atoms with Crippen molar-refractivity contribution in [2.75, 3.05) is 0 Å². The molecule has 0 saturated carbocycles.